The summed E-state index contributed by atoms with van der Waals surface area (Å²) in [6.07, 6.45) is 7.71. The summed E-state index contributed by atoms with van der Waals surface area (Å²) in [6.45, 7) is 0.649. The minimum atomic E-state index is 0.451. The van der Waals surface area contributed by atoms with Gasteiger partial charge in [0.1, 0.15) is 0 Å². The van der Waals surface area contributed by atoms with Crippen molar-refractivity contribution < 1.29 is 0 Å². The van der Waals surface area contributed by atoms with Crippen molar-refractivity contribution in [2.45, 2.75) is 37.6 Å². The van der Waals surface area contributed by atoms with Crippen LogP contribution in [0, 0.1) is 0 Å². The Bertz CT molecular complexity index is 325. The van der Waals surface area contributed by atoms with E-state index in [9.17, 15) is 0 Å². The molecule has 0 radical (unpaired) electrons. The second-order valence-corrected chi connectivity index (χ2v) is 5.69. The Balaban J connectivity index is 2.24. The average molecular weight is 235 g/mol. The summed E-state index contributed by atoms with van der Waals surface area (Å²) in [5.41, 5.74) is 8.85. The number of hydrogen-bond acceptors (Lipinski definition) is 2. The van der Waals surface area contributed by atoms with E-state index in [1.807, 2.05) is 11.8 Å². The number of thioether (sulfide) groups is 1. The van der Waals surface area contributed by atoms with Crippen LogP contribution in [-0.2, 0) is 12.0 Å². The second kappa shape index (κ2) is 5.24. The molecule has 0 bridgehead atoms. The van der Waals surface area contributed by atoms with Gasteiger partial charge < -0.3 is 5.73 Å². The van der Waals surface area contributed by atoms with Crippen LogP contribution in [0.25, 0.3) is 0 Å². The van der Waals surface area contributed by atoms with Gasteiger partial charge in [-0.2, -0.15) is 11.8 Å². The summed E-state index contributed by atoms with van der Waals surface area (Å²) in [5, 5.41) is 0. The minimum Gasteiger partial charge on any atom is -0.326 e. The molecule has 1 aliphatic rings. The molecule has 0 aliphatic heterocycles. The van der Waals surface area contributed by atoms with Crippen LogP contribution in [0.15, 0.2) is 24.3 Å². The van der Waals surface area contributed by atoms with Gasteiger partial charge in [0.2, 0.25) is 0 Å². The lowest BCUT2D eigenvalue weighted by Gasteiger charge is -2.29. The van der Waals surface area contributed by atoms with Crippen LogP contribution < -0.4 is 5.73 Å². The Morgan fingerprint density at radius 3 is 2.31 bits per heavy atom. The van der Waals surface area contributed by atoms with Gasteiger partial charge in [-0.3, -0.25) is 0 Å². The van der Waals surface area contributed by atoms with Gasteiger partial charge in [0, 0.05) is 17.7 Å². The molecule has 0 saturated heterocycles. The molecule has 16 heavy (non-hydrogen) atoms. The quantitative estimate of drug-likeness (QED) is 0.866. The van der Waals surface area contributed by atoms with Crippen molar-refractivity contribution in [1.82, 2.24) is 0 Å². The Morgan fingerprint density at radius 2 is 1.81 bits per heavy atom. The van der Waals surface area contributed by atoms with E-state index < -0.39 is 0 Å². The first-order valence-electron chi connectivity index (χ1n) is 6.09. The normalized spacial score (nSPS) is 18.9. The maximum atomic E-state index is 5.64. The van der Waals surface area contributed by atoms with E-state index in [-0.39, 0.29) is 0 Å². The van der Waals surface area contributed by atoms with Gasteiger partial charge in [0.25, 0.3) is 0 Å². The number of hydrogen-bond donors (Lipinski definition) is 1. The summed E-state index contributed by atoms with van der Waals surface area (Å²) in [4.78, 5) is 0. The zero-order valence-electron chi connectivity index (χ0n) is 10.0. The molecule has 1 fully saturated rings. The van der Waals surface area contributed by atoms with E-state index in [0.29, 0.717) is 12.0 Å². The van der Waals surface area contributed by atoms with Gasteiger partial charge in [-0.15, -0.1) is 0 Å². The third-order valence-electron chi connectivity index (χ3n) is 3.78. The van der Waals surface area contributed by atoms with Crippen LogP contribution in [0.2, 0.25) is 0 Å². The minimum absolute atomic E-state index is 0.451. The van der Waals surface area contributed by atoms with E-state index in [1.54, 1.807) is 0 Å². The second-order valence-electron chi connectivity index (χ2n) is 4.82. The highest BCUT2D eigenvalue weighted by molar-refractivity contribution is 7.98. The molecular formula is C14H21NS. The Kier molecular flexibility index (Phi) is 3.93. The van der Waals surface area contributed by atoms with Crippen molar-refractivity contribution in [3.63, 3.8) is 0 Å². The molecule has 0 spiro atoms. The molecule has 1 nitrogen and oxygen atoms in total. The molecule has 1 aromatic rings. The third-order valence-corrected chi connectivity index (χ3v) is 4.62. The molecule has 0 amide bonds. The van der Waals surface area contributed by atoms with Gasteiger partial charge >= 0.3 is 0 Å². The zero-order chi connectivity index (χ0) is 11.4. The molecule has 1 saturated carbocycles. The lowest BCUT2D eigenvalue weighted by atomic mass is 9.80. The third kappa shape index (κ3) is 2.28. The van der Waals surface area contributed by atoms with E-state index >= 15 is 0 Å². The highest BCUT2D eigenvalue weighted by atomic mass is 32.2. The molecule has 2 N–H and O–H groups in total. The predicted molar refractivity (Wildman–Crippen MR) is 72.9 cm³/mol. The van der Waals surface area contributed by atoms with Gasteiger partial charge in [-0.05, 0) is 30.2 Å². The molecular weight excluding hydrogens is 214 g/mol. The number of benzene rings is 1. The fourth-order valence-corrected chi connectivity index (χ4v) is 3.85. The summed E-state index contributed by atoms with van der Waals surface area (Å²) in [7, 11) is 0. The van der Waals surface area contributed by atoms with Crippen LogP contribution in [0.5, 0.6) is 0 Å². The Labute approximate surface area is 103 Å². The molecule has 0 aromatic heterocycles. The standard InChI is InChI=1S/C14H21NS/c1-16-11-14(8-2-3-9-14)13-6-4-12(10-15)5-7-13/h4-7H,2-3,8-11,15H2,1H3. The van der Waals surface area contributed by atoms with Crippen molar-refractivity contribution in [3.8, 4) is 0 Å². The summed E-state index contributed by atoms with van der Waals surface area (Å²) >= 11 is 1.98. The summed E-state index contributed by atoms with van der Waals surface area (Å²) in [6, 6.07) is 8.97. The highest BCUT2D eigenvalue weighted by Crippen LogP contribution is 2.43. The highest BCUT2D eigenvalue weighted by Gasteiger charge is 2.34. The van der Waals surface area contributed by atoms with Crippen molar-refractivity contribution in [2.24, 2.45) is 5.73 Å². The van der Waals surface area contributed by atoms with E-state index in [2.05, 4.69) is 30.5 Å². The summed E-state index contributed by atoms with van der Waals surface area (Å²) < 4.78 is 0. The molecule has 2 heteroatoms. The number of nitrogens with two attached hydrogens (primary N) is 1. The van der Waals surface area contributed by atoms with Crippen molar-refractivity contribution in [3.05, 3.63) is 35.4 Å². The van der Waals surface area contributed by atoms with Gasteiger partial charge in [0.15, 0.2) is 0 Å². The molecule has 1 aromatic carbocycles. The van der Waals surface area contributed by atoms with Crippen molar-refractivity contribution in [1.29, 1.82) is 0 Å². The smallest absolute Gasteiger partial charge is 0.0178 e. The first-order chi connectivity index (χ1) is 7.80. The van der Waals surface area contributed by atoms with Gasteiger partial charge in [-0.1, -0.05) is 37.1 Å². The van der Waals surface area contributed by atoms with Gasteiger partial charge in [-0.25, -0.2) is 0 Å². The van der Waals surface area contributed by atoms with Crippen LogP contribution in [0.4, 0.5) is 0 Å². The SMILES string of the molecule is CSCC1(c2ccc(CN)cc2)CCCC1. The van der Waals surface area contributed by atoms with Crippen LogP contribution in [0.3, 0.4) is 0 Å². The fraction of sp³-hybridized carbons (Fsp3) is 0.571. The van der Waals surface area contributed by atoms with Crippen LogP contribution in [0.1, 0.15) is 36.8 Å². The van der Waals surface area contributed by atoms with Crippen LogP contribution >= 0.6 is 11.8 Å². The van der Waals surface area contributed by atoms with E-state index in [4.69, 9.17) is 5.73 Å². The lowest BCUT2D eigenvalue weighted by molar-refractivity contribution is 0.502. The summed E-state index contributed by atoms with van der Waals surface area (Å²) in [5.74, 6) is 1.26. The molecule has 0 unspecified atom stereocenters. The maximum absolute atomic E-state index is 5.64. The van der Waals surface area contributed by atoms with E-state index in [1.165, 1.54) is 42.6 Å². The monoisotopic (exact) mass is 235 g/mol. The molecule has 0 atom stereocenters. The molecule has 0 heterocycles. The Hall–Kier alpha value is -0.470. The average Bonchev–Trinajstić information content (AvgIpc) is 2.80. The van der Waals surface area contributed by atoms with Gasteiger partial charge in [0.05, 0.1) is 0 Å². The Morgan fingerprint density at radius 1 is 1.19 bits per heavy atom. The van der Waals surface area contributed by atoms with Crippen molar-refractivity contribution in [2.75, 3.05) is 12.0 Å². The zero-order valence-corrected chi connectivity index (χ0v) is 10.9. The fourth-order valence-electron chi connectivity index (χ4n) is 2.84. The van der Waals surface area contributed by atoms with Crippen molar-refractivity contribution >= 4 is 11.8 Å². The molecule has 2 rings (SSSR count). The molecule has 1 aliphatic carbocycles. The topological polar surface area (TPSA) is 26.0 Å². The molecule has 88 valence electrons. The largest absolute Gasteiger partial charge is 0.326 e. The van der Waals surface area contributed by atoms with E-state index in [0.717, 1.165) is 0 Å². The van der Waals surface area contributed by atoms with Crippen LogP contribution in [-0.4, -0.2) is 12.0 Å². The number of rotatable bonds is 4. The first-order valence-corrected chi connectivity index (χ1v) is 7.48. The predicted octanol–water partition coefficient (Wildman–Crippen LogP) is 3.32. The maximum Gasteiger partial charge on any atom is 0.0178 e. The lowest BCUT2D eigenvalue weighted by Crippen LogP contribution is -2.25. The first kappa shape index (κ1) is 12.0.